The van der Waals surface area contributed by atoms with Crippen LogP contribution in [0.1, 0.15) is 65.2 Å². The Kier molecular flexibility index (Phi) is 7.00. The van der Waals surface area contributed by atoms with E-state index in [2.05, 4.69) is 15.0 Å². The van der Waals surface area contributed by atoms with Crippen LogP contribution in [-0.2, 0) is 5.60 Å². The number of nitrogens with two attached hydrogens (primary N) is 1. The minimum absolute atomic E-state index is 0.0352. The van der Waals surface area contributed by atoms with Crippen molar-refractivity contribution in [2.24, 2.45) is 11.8 Å². The number of hydrogen-bond donors (Lipinski definition) is 3. The number of nitrogen functional groups attached to an aromatic ring is 1. The molecule has 2 heterocycles. The highest BCUT2D eigenvalue weighted by Gasteiger charge is 2.57. The second kappa shape index (κ2) is 9.46. The van der Waals surface area contributed by atoms with E-state index >= 15 is 0 Å². The fourth-order valence-corrected chi connectivity index (χ4v) is 5.45. The third kappa shape index (κ3) is 4.78. The first-order valence-corrected chi connectivity index (χ1v) is 12.4. The molecule has 11 heteroatoms. The summed E-state index contributed by atoms with van der Waals surface area (Å²) in [6.45, 7) is 7.12. The van der Waals surface area contributed by atoms with Gasteiger partial charge in [0.15, 0.2) is 5.82 Å². The first-order valence-electron chi connectivity index (χ1n) is 12.0. The number of anilines is 1. The third-order valence-corrected chi connectivity index (χ3v) is 7.27. The van der Waals surface area contributed by atoms with Crippen molar-refractivity contribution >= 4 is 28.6 Å². The zero-order valence-electron chi connectivity index (χ0n) is 20.6. The van der Waals surface area contributed by atoms with Crippen molar-refractivity contribution in [1.82, 2.24) is 19.5 Å². The summed E-state index contributed by atoms with van der Waals surface area (Å²) in [5, 5.41) is 19.9. The summed E-state index contributed by atoms with van der Waals surface area (Å²) >= 11 is 6.15. The molecule has 7 nitrogen and oxygen atoms in total. The molecule has 0 aliphatic heterocycles. The minimum atomic E-state index is -2.57. The summed E-state index contributed by atoms with van der Waals surface area (Å²) in [7, 11) is 0. The molecule has 5 rings (SSSR count). The van der Waals surface area contributed by atoms with Crippen LogP contribution in [0.15, 0.2) is 18.3 Å². The van der Waals surface area contributed by atoms with Gasteiger partial charge in [-0.1, -0.05) is 11.6 Å². The number of rotatable bonds is 3. The lowest BCUT2D eigenvalue weighted by molar-refractivity contribution is -0.138. The predicted octanol–water partition coefficient (Wildman–Crippen LogP) is 5.48. The molecule has 0 spiro atoms. The molecule has 3 unspecified atom stereocenters. The molecular formula is C25H31ClF3N5O2. The van der Waals surface area contributed by atoms with E-state index < -0.39 is 35.3 Å². The summed E-state index contributed by atoms with van der Waals surface area (Å²) in [5.74, 6) is -3.82. The predicted molar refractivity (Wildman–Crippen MR) is 132 cm³/mol. The van der Waals surface area contributed by atoms with Crippen molar-refractivity contribution in [2.45, 2.75) is 77.0 Å². The van der Waals surface area contributed by atoms with Gasteiger partial charge in [0.05, 0.1) is 28.5 Å². The number of alkyl halides is 2. The van der Waals surface area contributed by atoms with Crippen molar-refractivity contribution in [3.05, 3.63) is 35.0 Å². The molecule has 2 aromatic heterocycles. The fourth-order valence-electron chi connectivity index (χ4n) is 5.25. The zero-order valence-corrected chi connectivity index (χ0v) is 21.4. The molecule has 2 saturated carbocycles. The van der Waals surface area contributed by atoms with Crippen LogP contribution >= 0.6 is 11.6 Å². The van der Waals surface area contributed by atoms with E-state index in [4.69, 9.17) is 17.3 Å². The molecular weight excluding hydrogens is 495 g/mol. The molecule has 4 N–H and O–H groups in total. The molecule has 2 bridgehead atoms. The number of benzene rings is 1. The number of nitrogens with zero attached hydrogens (tertiary/aromatic N) is 4. The van der Waals surface area contributed by atoms with Gasteiger partial charge >= 0.3 is 0 Å². The molecule has 2 aliphatic carbocycles. The smallest absolute Gasteiger partial charge is 0.256 e. The lowest BCUT2D eigenvalue weighted by Crippen LogP contribution is -2.41. The number of aliphatic hydroxyl groups excluding tert-OH is 1. The maximum Gasteiger partial charge on any atom is 0.256 e. The Morgan fingerprint density at radius 3 is 2.44 bits per heavy atom. The van der Waals surface area contributed by atoms with Gasteiger partial charge in [0.2, 0.25) is 5.95 Å². The summed E-state index contributed by atoms with van der Waals surface area (Å²) in [5.41, 5.74) is 5.96. The summed E-state index contributed by atoms with van der Waals surface area (Å²) < 4.78 is 42.8. The molecule has 36 heavy (non-hydrogen) atoms. The van der Waals surface area contributed by atoms with Crippen LogP contribution in [0.5, 0.6) is 0 Å². The topological polar surface area (TPSA) is 110 Å². The van der Waals surface area contributed by atoms with Crippen molar-refractivity contribution < 1.29 is 23.4 Å². The average molecular weight is 526 g/mol. The third-order valence-electron chi connectivity index (χ3n) is 6.99. The van der Waals surface area contributed by atoms with E-state index in [1.54, 1.807) is 24.5 Å². The number of fused-ring (bicyclic) bond motifs is 3. The van der Waals surface area contributed by atoms with Crippen LogP contribution in [-0.4, -0.2) is 41.8 Å². The van der Waals surface area contributed by atoms with E-state index in [1.807, 2.05) is 13.8 Å². The van der Waals surface area contributed by atoms with Crippen molar-refractivity contribution in [3.8, 4) is 11.3 Å². The molecule has 3 aromatic rings. The van der Waals surface area contributed by atoms with Gasteiger partial charge in [0, 0.05) is 23.4 Å². The Balaban J connectivity index is 0.000000229. The molecule has 3 atom stereocenters. The average Bonchev–Trinajstić information content (AvgIpc) is 3.23. The number of aromatic nitrogens is 4. The van der Waals surface area contributed by atoms with E-state index in [-0.39, 0.29) is 22.5 Å². The van der Waals surface area contributed by atoms with Gasteiger partial charge in [-0.05, 0) is 65.5 Å². The monoisotopic (exact) mass is 525 g/mol. The highest BCUT2D eigenvalue weighted by Crippen LogP contribution is 2.52. The number of aliphatic hydroxyl groups is 2. The Morgan fingerprint density at radius 2 is 1.83 bits per heavy atom. The molecule has 1 aromatic carbocycles. The molecule has 196 valence electrons. The second-order valence-corrected chi connectivity index (χ2v) is 10.8. The molecule has 0 saturated heterocycles. The van der Waals surface area contributed by atoms with E-state index in [0.717, 1.165) is 0 Å². The van der Waals surface area contributed by atoms with Gasteiger partial charge in [0.1, 0.15) is 16.9 Å². The van der Waals surface area contributed by atoms with Gasteiger partial charge in [-0.15, -0.1) is 0 Å². The molecule has 2 aliphatic rings. The maximum absolute atomic E-state index is 14.7. The lowest BCUT2D eigenvalue weighted by Gasteiger charge is -2.33. The van der Waals surface area contributed by atoms with Crippen molar-refractivity contribution in [1.29, 1.82) is 0 Å². The van der Waals surface area contributed by atoms with Gasteiger partial charge in [-0.2, -0.15) is 0 Å². The summed E-state index contributed by atoms with van der Waals surface area (Å²) in [4.78, 5) is 12.3. The van der Waals surface area contributed by atoms with E-state index in [0.29, 0.717) is 48.3 Å². The largest absolute Gasteiger partial charge is 0.393 e. The van der Waals surface area contributed by atoms with Crippen LogP contribution < -0.4 is 5.73 Å². The number of halogens is 4. The highest BCUT2D eigenvalue weighted by molar-refractivity contribution is 6.33. The fraction of sp³-hybridized carbons (Fsp3) is 0.560. The van der Waals surface area contributed by atoms with E-state index in [9.17, 15) is 23.4 Å². The van der Waals surface area contributed by atoms with Crippen molar-refractivity contribution in [2.75, 3.05) is 5.73 Å². The van der Waals surface area contributed by atoms with Gasteiger partial charge in [-0.25, -0.2) is 28.1 Å². The Labute approximate surface area is 212 Å². The normalized spacial score (nSPS) is 23.1. The standard InChI is InChI=1S/C17H19ClFN5O.C8H12F2O/c1-8(2)24-12-6-9(13-10(18)7-21-16(20)23-13)5-11(19)14(12)22-15(24)17(3,4)25;9-8(10)5-1-3-6(8)7(11)4-2-5/h5-8,25H,1-4H3,(H2,20,21,23);5-7,11H,1-4H2. The number of imidazole rings is 1. The molecule has 0 amide bonds. The van der Waals surface area contributed by atoms with Crippen LogP contribution in [0.3, 0.4) is 0 Å². The van der Waals surface area contributed by atoms with Crippen LogP contribution in [0.4, 0.5) is 19.1 Å². The van der Waals surface area contributed by atoms with Crippen LogP contribution in [0, 0.1) is 17.7 Å². The lowest BCUT2D eigenvalue weighted by atomic mass is 9.83. The van der Waals surface area contributed by atoms with Gasteiger partial charge in [-0.3, -0.25) is 0 Å². The molecule has 2 fully saturated rings. The maximum atomic E-state index is 14.7. The first-order chi connectivity index (χ1) is 16.7. The Hall–Kier alpha value is -2.43. The number of hydrogen-bond acceptors (Lipinski definition) is 6. The zero-order chi connectivity index (χ0) is 26.6. The molecule has 0 radical (unpaired) electrons. The van der Waals surface area contributed by atoms with Crippen LogP contribution in [0.25, 0.3) is 22.3 Å². The van der Waals surface area contributed by atoms with Gasteiger partial charge < -0.3 is 20.5 Å². The van der Waals surface area contributed by atoms with E-state index in [1.165, 1.54) is 12.3 Å². The first kappa shape index (κ1) is 26.6. The highest BCUT2D eigenvalue weighted by atomic mass is 35.5. The quantitative estimate of drug-likeness (QED) is 0.418. The Morgan fingerprint density at radius 1 is 1.17 bits per heavy atom. The van der Waals surface area contributed by atoms with Crippen molar-refractivity contribution in [3.63, 3.8) is 0 Å². The summed E-state index contributed by atoms with van der Waals surface area (Å²) in [6, 6.07) is 3.02. The van der Waals surface area contributed by atoms with Crippen LogP contribution in [0.2, 0.25) is 5.02 Å². The second-order valence-electron chi connectivity index (χ2n) is 10.4. The SMILES string of the molecule is CC(C)n1c(C(C)(C)O)nc2c(F)cc(-c3nc(N)ncc3Cl)cc21.OC1CCC2CCC1C2(F)F. The van der Waals surface area contributed by atoms with Gasteiger partial charge in [0.25, 0.3) is 5.92 Å². The summed E-state index contributed by atoms with van der Waals surface area (Å²) in [6.07, 6.45) is 2.83. The minimum Gasteiger partial charge on any atom is -0.393 e. The Bertz CT molecular complexity index is 1270.